The fourth-order valence-electron chi connectivity index (χ4n) is 3.17. The van der Waals surface area contributed by atoms with E-state index in [2.05, 4.69) is 13.0 Å². The normalized spacial score (nSPS) is 19.9. The van der Waals surface area contributed by atoms with Gasteiger partial charge in [0.2, 0.25) is 0 Å². The molecule has 0 aliphatic carbocycles. The third kappa shape index (κ3) is 2.47. The molecule has 0 atom stereocenters. The van der Waals surface area contributed by atoms with Gasteiger partial charge >= 0.3 is 6.03 Å². The van der Waals surface area contributed by atoms with Crippen molar-refractivity contribution in [2.24, 2.45) is 5.92 Å². The summed E-state index contributed by atoms with van der Waals surface area (Å²) in [5.74, 6) is 0.747. The fraction of sp³-hybridized carbons (Fsp3) is 0.562. The maximum absolute atomic E-state index is 12.6. The zero-order chi connectivity index (χ0) is 14.1. The summed E-state index contributed by atoms with van der Waals surface area (Å²) in [7, 11) is 0. The number of nitrogens with zero attached hydrogens (tertiary/aromatic N) is 2. The summed E-state index contributed by atoms with van der Waals surface area (Å²) in [4.78, 5) is 16.5. The van der Waals surface area contributed by atoms with Crippen molar-refractivity contribution in [3.05, 3.63) is 29.3 Å². The molecule has 2 N–H and O–H groups in total. The van der Waals surface area contributed by atoms with Gasteiger partial charge in [0.05, 0.1) is 0 Å². The predicted octanol–water partition coefficient (Wildman–Crippen LogP) is 2.48. The molecule has 2 aliphatic heterocycles. The maximum Gasteiger partial charge on any atom is 0.320 e. The minimum atomic E-state index is 0.186. The number of piperidine rings is 1. The Bertz CT molecular complexity index is 506. The summed E-state index contributed by atoms with van der Waals surface area (Å²) in [6.45, 7) is 5.52. The Hall–Kier alpha value is -1.71. The molecular weight excluding hydrogens is 250 g/mol. The molecule has 4 nitrogen and oxygen atoms in total. The van der Waals surface area contributed by atoms with Gasteiger partial charge in [0.15, 0.2) is 0 Å². The van der Waals surface area contributed by atoms with E-state index in [1.54, 1.807) is 0 Å². The highest BCUT2D eigenvalue weighted by atomic mass is 16.2. The largest absolute Gasteiger partial charge is 0.398 e. The molecule has 0 spiro atoms. The van der Waals surface area contributed by atoms with Crippen molar-refractivity contribution in [2.45, 2.75) is 32.7 Å². The number of urea groups is 1. The third-order valence-electron chi connectivity index (χ3n) is 4.63. The molecule has 4 heteroatoms. The minimum absolute atomic E-state index is 0.186. The lowest BCUT2D eigenvalue weighted by Gasteiger charge is -2.37. The molecule has 20 heavy (non-hydrogen) atoms. The van der Waals surface area contributed by atoms with Gasteiger partial charge in [0.1, 0.15) is 0 Å². The third-order valence-corrected chi connectivity index (χ3v) is 4.63. The Morgan fingerprint density at radius 1 is 1.20 bits per heavy atom. The van der Waals surface area contributed by atoms with Crippen LogP contribution in [0.15, 0.2) is 18.2 Å². The van der Waals surface area contributed by atoms with Crippen LogP contribution >= 0.6 is 0 Å². The van der Waals surface area contributed by atoms with E-state index in [1.165, 1.54) is 5.56 Å². The molecule has 0 unspecified atom stereocenters. The molecule has 1 fully saturated rings. The van der Waals surface area contributed by atoms with Crippen LogP contribution in [0, 0.1) is 5.92 Å². The zero-order valence-electron chi connectivity index (χ0n) is 12.1. The summed E-state index contributed by atoms with van der Waals surface area (Å²) >= 11 is 0. The highest BCUT2D eigenvalue weighted by Crippen LogP contribution is 2.26. The van der Waals surface area contributed by atoms with Crippen LogP contribution in [-0.2, 0) is 13.0 Å². The average molecular weight is 273 g/mol. The quantitative estimate of drug-likeness (QED) is 0.738. The fourth-order valence-corrected chi connectivity index (χ4v) is 3.17. The van der Waals surface area contributed by atoms with Crippen LogP contribution < -0.4 is 5.73 Å². The van der Waals surface area contributed by atoms with Crippen molar-refractivity contribution in [3.63, 3.8) is 0 Å². The molecule has 0 radical (unpaired) electrons. The number of nitrogen functional groups attached to an aromatic ring is 1. The number of benzene rings is 1. The van der Waals surface area contributed by atoms with Crippen LogP contribution in [0.5, 0.6) is 0 Å². The number of amides is 2. The lowest BCUT2D eigenvalue weighted by atomic mass is 9.97. The van der Waals surface area contributed by atoms with Gasteiger partial charge in [-0.3, -0.25) is 0 Å². The molecule has 108 valence electrons. The number of carbonyl (C=O) groups excluding carboxylic acids is 1. The molecule has 2 aliphatic rings. The first-order valence-electron chi connectivity index (χ1n) is 7.55. The Kier molecular flexibility index (Phi) is 3.55. The van der Waals surface area contributed by atoms with Gasteiger partial charge in [-0.15, -0.1) is 0 Å². The van der Waals surface area contributed by atoms with E-state index in [0.29, 0.717) is 6.54 Å². The van der Waals surface area contributed by atoms with E-state index in [-0.39, 0.29) is 6.03 Å². The van der Waals surface area contributed by atoms with Gasteiger partial charge in [-0.1, -0.05) is 19.1 Å². The zero-order valence-corrected chi connectivity index (χ0v) is 12.1. The molecule has 0 bridgehead atoms. The Labute approximate surface area is 120 Å². The second-order valence-electron chi connectivity index (χ2n) is 6.11. The van der Waals surface area contributed by atoms with Crippen molar-refractivity contribution in [2.75, 3.05) is 25.4 Å². The number of rotatable bonds is 0. The van der Waals surface area contributed by atoms with E-state index >= 15 is 0 Å². The Morgan fingerprint density at radius 2 is 1.95 bits per heavy atom. The van der Waals surface area contributed by atoms with Gasteiger partial charge in [-0.25, -0.2) is 4.79 Å². The second-order valence-corrected chi connectivity index (χ2v) is 6.11. The summed E-state index contributed by atoms with van der Waals surface area (Å²) in [5, 5.41) is 0. The summed E-state index contributed by atoms with van der Waals surface area (Å²) in [6.07, 6.45) is 3.16. The molecule has 0 saturated carbocycles. The molecule has 2 heterocycles. The van der Waals surface area contributed by atoms with Crippen molar-refractivity contribution in [1.29, 1.82) is 0 Å². The van der Waals surface area contributed by atoms with Gasteiger partial charge in [-0.05, 0) is 42.4 Å². The average Bonchev–Trinajstić information content (AvgIpc) is 2.47. The standard InChI is InChI=1S/C16H23N3O/c1-12-5-8-18(9-6-12)16(20)19-10-7-13-3-2-4-15(17)14(13)11-19/h2-4,12H,5-11,17H2,1H3. The van der Waals surface area contributed by atoms with Crippen molar-refractivity contribution in [3.8, 4) is 0 Å². The smallest absolute Gasteiger partial charge is 0.320 e. The first kappa shape index (κ1) is 13.3. The van der Waals surface area contributed by atoms with E-state index in [9.17, 15) is 4.79 Å². The number of likely N-dealkylation sites (tertiary alicyclic amines) is 1. The van der Waals surface area contributed by atoms with Crippen LogP contribution in [0.4, 0.5) is 10.5 Å². The first-order chi connectivity index (χ1) is 9.65. The predicted molar refractivity (Wildman–Crippen MR) is 80.3 cm³/mol. The van der Waals surface area contributed by atoms with Gasteiger partial charge in [0, 0.05) is 31.9 Å². The SMILES string of the molecule is CC1CCN(C(=O)N2CCc3cccc(N)c3C2)CC1. The number of hydrogen-bond donors (Lipinski definition) is 1. The number of nitrogens with two attached hydrogens (primary N) is 1. The van der Waals surface area contributed by atoms with E-state index in [1.807, 2.05) is 21.9 Å². The summed E-state index contributed by atoms with van der Waals surface area (Å²) < 4.78 is 0. The van der Waals surface area contributed by atoms with Crippen LogP contribution in [0.2, 0.25) is 0 Å². The number of carbonyl (C=O) groups is 1. The molecule has 1 aromatic rings. The summed E-state index contributed by atoms with van der Waals surface area (Å²) in [5.41, 5.74) is 9.29. The van der Waals surface area contributed by atoms with Gasteiger partial charge < -0.3 is 15.5 Å². The minimum Gasteiger partial charge on any atom is -0.398 e. The van der Waals surface area contributed by atoms with E-state index < -0.39 is 0 Å². The van der Waals surface area contributed by atoms with Crippen LogP contribution in [0.3, 0.4) is 0 Å². The van der Waals surface area contributed by atoms with Crippen molar-refractivity contribution >= 4 is 11.7 Å². The number of hydrogen-bond acceptors (Lipinski definition) is 2. The number of anilines is 1. The van der Waals surface area contributed by atoms with Crippen molar-refractivity contribution < 1.29 is 4.79 Å². The van der Waals surface area contributed by atoms with Crippen LogP contribution in [0.25, 0.3) is 0 Å². The topological polar surface area (TPSA) is 49.6 Å². The molecule has 2 amide bonds. The molecule has 1 aromatic carbocycles. The lowest BCUT2D eigenvalue weighted by Crippen LogP contribution is -2.48. The maximum atomic E-state index is 12.6. The van der Waals surface area contributed by atoms with Gasteiger partial charge in [0.25, 0.3) is 0 Å². The highest BCUT2D eigenvalue weighted by molar-refractivity contribution is 5.75. The molecular formula is C16H23N3O. The lowest BCUT2D eigenvalue weighted by molar-refractivity contribution is 0.130. The Morgan fingerprint density at radius 3 is 2.70 bits per heavy atom. The summed E-state index contributed by atoms with van der Waals surface area (Å²) in [6, 6.07) is 6.23. The van der Waals surface area contributed by atoms with Crippen LogP contribution in [0.1, 0.15) is 30.9 Å². The first-order valence-corrected chi connectivity index (χ1v) is 7.55. The molecule has 0 aromatic heterocycles. The molecule has 1 saturated heterocycles. The van der Waals surface area contributed by atoms with E-state index in [0.717, 1.165) is 56.1 Å². The van der Waals surface area contributed by atoms with Gasteiger partial charge in [-0.2, -0.15) is 0 Å². The molecule has 3 rings (SSSR count). The monoisotopic (exact) mass is 273 g/mol. The number of fused-ring (bicyclic) bond motifs is 1. The Balaban J connectivity index is 1.70. The van der Waals surface area contributed by atoms with Crippen molar-refractivity contribution in [1.82, 2.24) is 9.80 Å². The highest BCUT2D eigenvalue weighted by Gasteiger charge is 2.27. The second kappa shape index (κ2) is 5.35. The van der Waals surface area contributed by atoms with E-state index in [4.69, 9.17) is 5.73 Å². The van der Waals surface area contributed by atoms with Crippen LogP contribution in [-0.4, -0.2) is 35.5 Å².